The molecule has 0 saturated heterocycles. The van der Waals surface area contributed by atoms with Crippen molar-refractivity contribution in [1.29, 1.82) is 0 Å². The van der Waals surface area contributed by atoms with Crippen LogP contribution in [0.1, 0.15) is 32.1 Å². The molecular weight excluding hydrogens is 268 g/mol. The fraction of sp³-hybridized carbons (Fsp3) is 0.562. The van der Waals surface area contributed by atoms with Crippen LogP contribution in [0.25, 0.3) is 0 Å². The van der Waals surface area contributed by atoms with Crippen molar-refractivity contribution in [3.05, 3.63) is 12.1 Å². The van der Waals surface area contributed by atoms with E-state index in [2.05, 4.69) is 10.6 Å². The van der Waals surface area contributed by atoms with Crippen molar-refractivity contribution < 1.29 is 14.3 Å². The van der Waals surface area contributed by atoms with Crippen LogP contribution in [-0.4, -0.2) is 26.2 Å². The van der Waals surface area contributed by atoms with Crippen molar-refractivity contribution in [3.63, 3.8) is 0 Å². The van der Waals surface area contributed by atoms with Crippen molar-refractivity contribution in [2.75, 3.05) is 24.9 Å². The summed E-state index contributed by atoms with van der Waals surface area (Å²) in [4.78, 5) is 12.4. The van der Waals surface area contributed by atoms with Crippen molar-refractivity contribution in [2.24, 2.45) is 5.92 Å². The number of rotatable bonds is 3. The molecule has 21 heavy (non-hydrogen) atoms. The van der Waals surface area contributed by atoms with E-state index in [4.69, 9.17) is 9.47 Å². The summed E-state index contributed by atoms with van der Waals surface area (Å²) < 4.78 is 10.6. The fourth-order valence-corrected chi connectivity index (χ4v) is 3.34. The SMILES string of the molecule is COc1cc2c(cc1OC)NC(C1CCCCC1)C(=O)N2. The molecule has 0 aromatic heterocycles. The van der Waals surface area contributed by atoms with Crippen molar-refractivity contribution in [1.82, 2.24) is 0 Å². The van der Waals surface area contributed by atoms with Crippen molar-refractivity contribution in [3.8, 4) is 11.5 Å². The summed E-state index contributed by atoms with van der Waals surface area (Å²) >= 11 is 0. The first kappa shape index (κ1) is 14.0. The third-order valence-corrected chi connectivity index (χ3v) is 4.50. The molecule has 1 heterocycles. The second kappa shape index (κ2) is 5.84. The zero-order valence-electron chi connectivity index (χ0n) is 12.6. The molecule has 1 aromatic rings. The minimum absolute atomic E-state index is 0.0571. The molecule has 114 valence electrons. The number of amides is 1. The van der Waals surface area contributed by atoms with Crippen LogP contribution in [0, 0.1) is 5.92 Å². The summed E-state index contributed by atoms with van der Waals surface area (Å²) in [5, 5.41) is 6.39. The van der Waals surface area contributed by atoms with E-state index in [1.807, 2.05) is 6.07 Å². The average Bonchev–Trinajstić information content (AvgIpc) is 2.53. The Kier molecular flexibility index (Phi) is 3.90. The van der Waals surface area contributed by atoms with Gasteiger partial charge in [-0.05, 0) is 18.8 Å². The first-order valence-corrected chi connectivity index (χ1v) is 7.56. The highest BCUT2D eigenvalue weighted by Crippen LogP contribution is 2.40. The van der Waals surface area contributed by atoms with Crippen LogP contribution in [-0.2, 0) is 4.79 Å². The molecule has 1 saturated carbocycles. The molecule has 5 nitrogen and oxygen atoms in total. The van der Waals surface area contributed by atoms with Gasteiger partial charge in [0, 0.05) is 12.1 Å². The lowest BCUT2D eigenvalue weighted by molar-refractivity contribution is -0.118. The number of methoxy groups -OCH3 is 2. The van der Waals surface area contributed by atoms with Gasteiger partial charge in [0.05, 0.1) is 25.6 Å². The molecule has 1 aromatic carbocycles. The molecule has 1 aliphatic heterocycles. The van der Waals surface area contributed by atoms with Crippen LogP contribution in [0.3, 0.4) is 0 Å². The number of anilines is 2. The van der Waals surface area contributed by atoms with Crippen LogP contribution in [0.4, 0.5) is 11.4 Å². The quantitative estimate of drug-likeness (QED) is 0.898. The monoisotopic (exact) mass is 290 g/mol. The van der Waals surface area contributed by atoms with Gasteiger partial charge in [-0.15, -0.1) is 0 Å². The average molecular weight is 290 g/mol. The molecule has 0 radical (unpaired) electrons. The lowest BCUT2D eigenvalue weighted by atomic mass is 9.82. The zero-order valence-corrected chi connectivity index (χ0v) is 12.6. The molecule has 5 heteroatoms. The summed E-state index contributed by atoms with van der Waals surface area (Å²) in [5.41, 5.74) is 1.66. The third kappa shape index (κ3) is 2.64. The summed E-state index contributed by atoms with van der Waals surface area (Å²) in [5.74, 6) is 1.76. The predicted octanol–water partition coefficient (Wildman–Crippen LogP) is 3.02. The van der Waals surface area contributed by atoms with E-state index < -0.39 is 0 Å². The number of fused-ring (bicyclic) bond motifs is 1. The van der Waals surface area contributed by atoms with Gasteiger partial charge in [0.2, 0.25) is 5.91 Å². The molecule has 1 fully saturated rings. The van der Waals surface area contributed by atoms with Gasteiger partial charge >= 0.3 is 0 Å². The second-order valence-corrected chi connectivity index (χ2v) is 5.76. The third-order valence-electron chi connectivity index (χ3n) is 4.50. The molecule has 1 unspecified atom stereocenters. The van der Waals surface area contributed by atoms with Crippen LogP contribution in [0.5, 0.6) is 11.5 Å². The van der Waals surface area contributed by atoms with Gasteiger partial charge in [0.25, 0.3) is 0 Å². The second-order valence-electron chi connectivity index (χ2n) is 5.76. The van der Waals surface area contributed by atoms with Crippen molar-refractivity contribution in [2.45, 2.75) is 38.1 Å². The maximum Gasteiger partial charge on any atom is 0.247 e. The molecule has 1 atom stereocenters. The Morgan fingerprint density at radius 2 is 1.62 bits per heavy atom. The Hall–Kier alpha value is -1.91. The fourth-order valence-electron chi connectivity index (χ4n) is 3.34. The molecule has 3 rings (SSSR count). The van der Waals surface area contributed by atoms with E-state index in [0.717, 1.165) is 24.2 Å². The van der Waals surface area contributed by atoms with Crippen LogP contribution >= 0.6 is 0 Å². The van der Waals surface area contributed by atoms with E-state index in [1.54, 1.807) is 20.3 Å². The minimum atomic E-state index is -0.143. The molecule has 1 amide bonds. The Labute approximate surface area is 125 Å². The first-order valence-electron chi connectivity index (χ1n) is 7.56. The van der Waals surface area contributed by atoms with Gasteiger partial charge in [-0.1, -0.05) is 19.3 Å². The number of ether oxygens (including phenoxy) is 2. The van der Waals surface area contributed by atoms with Gasteiger partial charge in [-0.3, -0.25) is 4.79 Å². The standard InChI is InChI=1S/C16H22N2O3/c1-20-13-8-11-12(9-14(13)21-2)18-16(19)15(17-11)10-6-4-3-5-7-10/h8-10,15,17H,3-7H2,1-2H3,(H,18,19). The number of benzene rings is 1. The Balaban J connectivity index is 1.87. The highest BCUT2D eigenvalue weighted by atomic mass is 16.5. The van der Waals surface area contributed by atoms with Crippen LogP contribution in [0.15, 0.2) is 12.1 Å². The Morgan fingerprint density at radius 1 is 1.00 bits per heavy atom. The molecule has 0 spiro atoms. The van der Waals surface area contributed by atoms with Gasteiger partial charge in [0.15, 0.2) is 11.5 Å². The number of nitrogens with one attached hydrogen (secondary N) is 2. The van der Waals surface area contributed by atoms with Gasteiger partial charge < -0.3 is 20.1 Å². The number of carbonyl (C=O) groups excluding carboxylic acids is 1. The smallest absolute Gasteiger partial charge is 0.247 e. The molecule has 0 bridgehead atoms. The lowest BCUT2D eigenvalue weighted by Gasteiger charge is -2.34. The summed E-state index contributed by atoms with van der Waals surface area (Å²) in [6.07, 6.45) is 5.96. The Morgan fingerprint density at radius 3 is 2.24 bits per heavy atom. The van der Waals surface area contributed by atoms with E-state index in [1.165, 1.54) is 19.3 Å². The van der Waals surface area contributed by atoms with E-state index in [9.17, 15) is 4.79 Å². The lowest BCUT2D eigenvalue weighted by Crippen LogP contribution is -2.44. The maximum atomic E-state index is 12.4. The zero-order chi connectivity index (χ0) is 14.8. The largest absolute Gasteiger partial charge is 0.493 e. The number of carbonyl (C=O) groups is 1. The first-order chi connectivity index (χ1) is 10.2. The van der Waals surface area contributed by atoms with Crippen LogP contribution in [0.2, 0.25) is 0 Å². The summed E-state index contributed by atoms with van der Waals surface area (Å²) in [6.45, 7) is 0. The van der Waals surface area contributed by atoms with Gasteiger partial charge in [0.1, 0.15) is 6.04 Å². The summed E-state index contributed by atoms with van der Waals surface area (Å²) in [6, 6.07) is 3.55. The van der Waals surface area contributed by atoms with E-state index >= 15 is 0 Å². The predicted molar refractivity (Wildman–Crippen MR) is 82.2 cm³/mol. The number of hydrogen-bond donors (Lipinski definition) is 2. The van der Waals surface area contributed by atoms with Gasteiger partial charge in [-0.2, -0.15) is 0 Å². The molecule has 2 aliphatic rings. The minimum Gasteiger partial charge on any atom is -0.493 e. The highest BCUT2D eigenvalue weighted by molar-refractivity contribution is 6.03. The van der Waals surface area contributed by atoms with Gasteiger partial charge in [-0.25, -0.2) is 0 Å². The molecule has 1 aliphatic carbocycles. The molecular formula is C16H22N2O3. The number of hydrogen-bond acceptors (Lipinski definition) is 4. The highest BCUT2D eigenvalue weighted by Gasteiger charge is 2.33. The Bertz CT molecular complexity index is 539. The topological polar surface area (TPSA) is 59.6 Å². The molecule has 2 N–H and O–H groups in total. The normalized spacial score (nSPS) is 22.0. The van der Waals surface area contributed by atoms with E-state index in [0.29, 0.717) is 17.4 Å². The maximum absolute atomic E-state index is 12.4. The summed E-state index contributed by atoms with van der Waals surface area (Å²) in [7, 11) is 3.21. The van der Waals surface area contributed by atoms with Crippen LogP contribution < -0.4 is 20.1 Å². The van der Waals surface area contributed by atoms with Crippen molar-refractivity contribution >= 4 is 17.3 Å². The van der Waals surface area contributed by atoms with E-state index in [-0.39, 0.29) is 11.9 Å².